The lowest BCUT2D eigenvalue weighted by atomic mass is 9.75. The average molecular weight is 261 g/mol. The van der Waals surface area contributed by atoms with Gasteiger partial charge < -0.3 is 15.2 Å². The van der Waals surface area contributed by atoms with Gasteiger partial charge in [-0.2, -0.15) is 0 Å². The molecule has 1 aromatic rings. The molecule has 3 rings (SSSR count). The molecular weight excluding hydrogens is 238 g/mol. The summed E-state index contributed by atoms with van der Waals surface area (Å²) in [6.45, 7) is 4.43. The molecule has 3 nitrogen and oxygen atoms in total. The molecular formula is C16H23NO2. The van der Waals surface area contributed by atoms with E-state index in [0.29, 0.717) is 0 Å². The monoisotopic (exact) mass is 261 g/mol. The van der Waals surface area contributed by atoms with Crippen LogP contribution in [0.25, 0.3) is 0 Å². The van der Waals surface area contributed by atoms with Crippen LogP contribution in [0.2, 0.25) is 0 Å². The van der Waals surface area contributed by atoms with Crippen molar-refractivity contribution in [1.29, 1.82) is 0 Å². The fourth-order valence-electron chi connectivity index (χ4n) is 3.43. The number of aliphatic hydroxyl groups excluding tert-OH is 1. The number of fused-ring (bicyclic) bond motifs is 1. The molecule has 0 spiro atoms. The van der Waals surface area contributed by atoms with Gasteiger partial charge >= 0.3 is 0 Å². The standard InChI is InChI=1S/C16H23NO2/c1-12-2-3-15-13(8-12)9-14(19-15)10-16(11-18)4-6-17-7-5-16/h2-3,8,14,17-18H,4-7,9-11H2,1H3. The van der Waals surface area contributed by atoms with Gasteiger partial charge in [-0.1, -0.05) is 17.7 Å². The molecule has 1 unspecified atom stereocenters. The van der Waals surface area contributed by atoms with E-state index >= 15 is 0 Å². The van der Waals surface area contributed by atoms with Crippen LogP contribution in [0, 0.1) is 12.3 Å². The Kier molecular flexibility index (Phi) is 3.50. The minimum absolute atomic E-state index is 0.0625. The van der Waals surface area contributed by atoms with Crippen LogP contribution < -0.4 is 10.1 Å². The highest BCUT2D eigenvalue weighted by molar-refractivity contribution is 5.40. The maximum Gasteiger partial charge on any atom is 0.123 e. The Labute approximate surface area is 115 Å². The molecule has 3 heteroatoms. The highest BCUT2D eigenvalue weighted by Gasteiger charge is 2.36. The van der Waals surface area contributed by atoms with E-state index in [1.165, 1.54) is 11.1 Å². The van der Waals surface area contributed by atoms with Crippen molar-refractivity contribution >= 4 is 0 Å². The van der Waals surface area contributed by atoms with Crippen LogP contribution in [-0.4, -0.2) is 30.9 Å². The quantitative estimate of drug-likeness (QED) is 0.875. The Morgan fingerprint density at radius 1 is 1.37 bits per heavy atom. The van der Waals surface area contributed by atoms with Crippen molar-refractivity contribution in [2.24, 2.45) is 5.41 Å². The van der Waals surface area contributed by atoms with E-state index in [1.807, 2.05) is 0 Å². The lowest BCUT2D eigenvalue weighted by Crippen LogP contribution is -2.42. The zero-order valence-corrected chi connectivity index (χ0v) is 11.6. The van der Waals surface area contributed by atoms with Crippen molar-refractivity contribution < 1.29 is 9.84 Å². The molecule has 1 atom stereocenters. The van der Waals surface area contributed by atoms with Crippen molar-refractivity contribution in [3.05, 3.63) is 29.3 Å². The summed E-state index contributed by atoms with van der Waals surface area (Å²) >= 11 is 0. The first-order chi connectivity index (χ1) is 9.21. The largest absolute Gasteiger partial charge is 0.490 e. The molecule has 0 radical (unpaired) electrons. The van der Waals surface area contributed by atoms with Gasteiger partial charge in [0.15, 0.2) is 0 Å². The first-order valence-corrected chi connectivity index (χ1v) is 7.29. The van der Waals surface area contributed by atoms with Gasteiger partial charge in [0, 0.05) is 13.0 Å². The minimum Gasteiger partial charge on any atom is -0.490 e. The zero-order valence-electron chi connectivity index (χ0n) is 11.6. The number of rotatable bonds is 3. The molecule has 2 aliphatic heterocycles. The van der Waals surface area contributed by atoms with Gasteiger partial charge in [-0.3, -0.25) is 0 Å². The van der Waals surface area contributed by atoms with E-state index in [0.717, 1.165) is 44.5 Å². The third-order valence-electron chi connectivity index (χ3n) is 4.62. The second-order valence-electron chi connectivity index (χ2n) is 6.17. The maximum atomic E-state index is 9.78. The Morgan fingerprint density at radius 3 is 2.89 bits per heavy atom. The highest BCUT2D eigenvalue weighted by Crippen LogP contribution is 2.39. The first kappa shape index (κ1) is 12.9. The van der Waals surface area contributed by atoms with Gasteiger partial charge in [0.05, 0.1) is 0 Å². The topological polar surface area (TPSA) is 41.5 Å². The van der Waals surface area contributed by atoms with Gasteiger partial charge in [-0.25, -0.2) is 0 Å². The molecule has 0 aliphatic carbocycles. The van der Waals surface area contributed by atoms with Crippen molar-refractivity contribution in [2.45, 2.75) is 38.7 Å². The summed E-state index contributed by atoms with van der Waals surface area (Å²) in [5, 5.41) is 13.2. The molecule has 1 saturated heterocycles. The van der Waals surface area contributed by atoms with Crippen molar-refractivity contribution in [3.8, 4) is 5.75 Å². The average Bonchev–Trinajstić information content (AvgIpc) is 2.81. The summed E-state index contributed by atoms with van der Waals surface area (Å²) in [4.78, 5) is 0. The van der Waals surface area contributed by atoms with Gasteiger partial charge in [0.2, 0.25) is 0 Å². The first-order valence-electron chi connectivity index (χ1n) is 7.29. The molecule has 2 heterocycles. The number of ether oxygens (including phenoxy) is 1. The number of piperidine rings is 1. The van der Waals surface area contributed by atoms with E-state index < -0.39 is 0 Å². The van der Waals surface area contributed by atoms with Gasteiger partial charge in [0.1, 0.15) is 11.9 Å². The number of nitrogens with one attached hydrogen (secondary N) is 1. The number of hydrogen-bond donors (Lipinski definition) is 2. The van der Waals surface area contributed by atoms with Crippen LogP contribution in [0.3, 0.4) is 0 Å². The molecule has 0 bridgehead atoms. The van der Waals surface area contributed by atoms with Crippen LogP contribution in [0.5, 0.6) is 5.75 Å². The number of hydrogen-bond acceptors (Lipinski definition) is 3. The predicted molar refractivity (Wildman–Crippen MR) is 75.5 cm³/mol. The number of aryl methyl sites for hydroxylation is 1. The van der Waals surface area contributed by atoms with Crippen LogP contribution >= 0.6 is 0 Å². The minimum atomic E-state index is 0.0625. The fraction of sp³-hybridized carbons (Fsp3) is 0.625. The SMILES string of the molecule is Cc1ccc2c(c1)CC(CC1(CO)CCNCC1)O2. The summed E-state index contributed by atoms with van der Waals surface area (Å²) in [6.07, 6.45) is 4.31. The maximum absolute atomic E-state index is 9.78. The molecule has 1 fully saturated rings. The summed E-state index contributed by atoms with van der Waals surface area (Å²) in [7, 11) is 0. The molecule has 0 aromatic heterocycles. The van der Waals surface area contributed by atoms with Crippen molar-refractivity contribution in [2.75, 3.05) is 19.7 Å². The smallest absolute Gasteiger partial charge is 0.123 e. The normalized spacial score (nSPS) is 24.8. The fourth-order valence-corrected chi connectivity index (χ4v) is 3.43. The Bertz CT molecular complexity index is 452. The van der Waals surface area contributed by atoms with Crippen LogP contribution in [0.15, 0.2) is 18.2 Å². The van der Waals surface area contributed by atoms with E-state index in [2.05, 4.69) is 30.4 Å². The predicted octanol–water partition coefficient (Wildman–Crippen LogP) is 2.05. The molecule has 0 saturated carbocycles. The molecule has 2 N–H and O–H groups in total. The lowest BCUT2D eigenvalue weighted by Gasteiger charge is -2.37. The van der Waals surface area contributed by atoms with E-state index in [4.69, 9.17) is 4.74 Å². The zero-order chi connectivity index (χ0) is 13.3. The summed E-state index contributed by atoms with van der Waals surface area (Å²) in [6, 6.07) is 6.41. The number of aliphatic hydroxyl groups is 1. The van der Waals surface area contributed by atoms with Gasteiger partial charge in [-0.15, -0.1) is 0 Å². The molecule has 0 amide bonds. The second-order valence-corrected chi connectivity index (χ2v) is 6.17. The van der Waals surface area contributed by atoms with Crippen molar-refractivity contribution in [1.82, 2.24) is 5.32 Å². The Morgan fingerprint density at radius 2 is 2.16 bits per heavy atom. The van der Waals surface area contributed by atoms with Gasteiger partial charge in [0.25, 0.3) is 0 Å². The van der Waals surface area contributed by atoms with Crippen LogP contribution in [0.1, 0.15) is 30.4 Å². The Hall–Kier alpha value is -1.06. The van der Waals surface area contributed by atoms with Gasteiger partial charge in [-0.05, 0) is 56.3 Å². The summed E-state index contributed by atoms with van der Waals surface area (Å²) in [5.74, 6) is 1.04. The summed E-state index contributed by atoms with van der Waals surface area (Å²) in [5.41, 5.74) is 2.68. The lowest BCUT2D eigenvalue weighted by molar-refractivity contribution is 0.0426. The van der Waals surface area contributed by atoms with Crippen LogP contribution in [-0.2, 0) is 6.42 Å². The van der Waals surface area contributed by atoms with E-state index in [9.17, 15) is 5.11 Å². The van der Waals surface area contributed by atoms with E-state index in [-0.39, 0.29) is 18.1 Å². The number of benzene rings is 1. The van der Waals surface area contributed by atoms with Crippen molar-refractivity contribution in [3.63, 3.8) is 0 Å². The molecule has 104 valence electrons. The van der Waals surface area contributed by atoms with E-state index in [1.54, 1.807) is 0 Å². The third-order valence-corrected chi connectivity index (χ3v) is 4.62. The highest BCUT2D eigenvalue weighted by atomic mass is 16.5. The third kappa shape index (κ3) is 2.63. The Balaban J connectivity index is 1.69. The second kappa shape index (κ2) is 5.14. The van der Waals surface area contributed by atoms with Crippen LogP contribution in [0.4, 0.5) is 0 Å². The molecule has 2 aliphatic rings. The summed E-state index contributed by atoms with van der Waals surface area (Å²) < 4.78 is 6.06. The molecule has 1 aromatic carbocycles. The molecule has 19 heavy (non-hydrogen) atoms.